The van der Waals surface area contributed by atoms with Crippen molar-refractivity contribution in [1.29, 1.82) is 0 Å². The smallest absolute Gasteiger partial charge is 0.267 e. The van der Waals surface area contributed by atoms with Crippen LogP contribution >= 0.6 is 24.0 Å². The zero-order valence-corrected chi connectivity index (χ0v) is 22.6. The van der Waals surface area contributed by atoms with Crippen LogP contribution in [0.1, 0.15) is 31.4 Å². The van der Waals surface area contributed by atoms with E-state index in [0.717, 1.165) is 17.7 Å². The Balaban J connectivity index is 1.54. The monoisotopic (exact) mass is 537 g/mol. The second-order valence-electron chi connectivity index (χ2n) is 9.30. The first kappa shape index (κ1) is 25.4. The molecule has 2 saturated heterocycles. The van der Waals surface area contributed by atoms with Gasteiger partial charge in [0.25, 0.3) is 11.5 Å². The molecule has 0 saturated carbocycles. The van der Waals surface area contributed by atoms with Gasteiger partial charge in [-0.2, -0.15) is 0 Å². The fraction of sp³-hybridized carbons (Fsp3) is 0.333. The summed E-state index contributed by atoms with van der Waals surface area (Å²) in [6, 6.07) is 10.2. The number of benzene rings is 1. The van der Waals surface area contributed by atoms with Crippen molar-refractivity contribution in [3.05, 3.63) is 74.8 Å². The van der Waals surface area contributed by atoms with Crippen LogP contribution in [0.2, 0.25) is 0 Å². The third-order valence-corrected chi connectivity index (χ3v) is 8.30. The summed E-state index contributed by atoms with van der Waals surface area (Å²) in [5.41, 5.74) is 2.59. The number of halogens is 1. The summed E-state index contributed by atoms with van der Waals surface area (Å²) in [5.74, 6) is 0.124. The molecule has 4 heterocycles. The summed E-state index contributed by atoms with van der Waals surface area (Å²) in [7, 11) is 0. The molecule has 0 aliphatic carbocycles. The lowest BCUT2D eigenvalue weighted by molar-refractivity contribution is -0.123. The minimum atomic E-state index is -0.262. The minimum absolute atomic E-state index is 0.0177. The highest BCUT2D eigenvalue weighted by Crippen LogP contribution is 2.35. The lowest BCUT2D eigenvalue weighted by atomic mass is 10.2. The van der Waals surface area contributed by atoms with Crippen molar-refractivity contribution in [2.24, 2.45) is 0 Å². The number of thiocarbonyl (C=S) groups is 1. The number of thioether (sulfide) groups is 1. The number of pyridine rings is 1. The number of anilines is 2. The van der Waals surface area contributed by atoms with E-state index in [-0.39, 0.29) is 23.3 Å². The summed E-state index contributed by atoms with van der Waals surface area (Å²) in [6.45, 7) is 8.54. The van der Waals surface area contributed by atoms with Gasteiger partial charge < -0.3 is 9.80 Å². The first-order chi connectivity index (χ1) is 17.8. The van der Waals surface area contributed by atoms with Gasteiger partial charge in [0.05, 0.1) is 10.5 Å². The van der Waals surface area contributed by atoms with E-state index < -0.39 is 0 Å². The van der Waals surface area contributed by atoms with Gasteiger partial charge in [-0.1, -0.05) is 37.0 Å². The Bertz CT molecular complexity index is 1460. The van der Waals surface area contributed by atoms with E-state index in [1.54, 1.807) is 29.3 Å². The molecule has 0 radical (unpaired) electrons. The molecule has 1 unspecified atom stereocenters. The Morgan fingerprint density at radius 1 is 1.11 bits per heavy atom. The van der Waals surface area contributed by atoms with Crippen LogP contribution in [0.15, 0.2) is 52.3 Å². The third-order valence-electron chi connectivity index (χ3n) is 6.97. The fourth-order valence-electron chi connectivity index (χ4n) is 4.67. The topological polar surface area (TPSA) is 61.2 Å². The minimum Gasteiger partial charge on any atom is -0.368 e. The van der Waals surface area contributed by atoms with E-state index in [9.17, 15) is 14.0 Å². The molecule has 2 aromatic heterocycles. The Morgan fingerprint density at radius 2 is 1.78 bits per heavy atom. The van der Waals surface area contributed by atoms with Crippen LogP contribution in [0.5, 0.6) is 0 Å². The van der Waals surface area contributed by atoms with Crippen LogP contribution in [0, 0.1) is 12.7 Å². The maximum absolute atomic E-state index is 13.7. The molecular formula is C27H28FN5O2S2. The Kier molecular flexibility index (Phi) is 7.04. The van der Waals surface area contributed by atoms with E-state index in [1.807, 2.05) is 32.9 Å². The number of amides is 1. The van der Waals surface area contributed by atoms with Crippen LogP contribution in [0.3, 0.4) is 0 Å². The molecule has 3 aromatic rings. The number of fused-ring (bicyclic) bond motifs is 1. The Morgan fingerprint density at radius 3 is 2.46 bits per heavy atom. The highest BCUT2D eigenvalue weighted by atomic mass is 32.2. The summed E-state index contributed by atoms with van der Waals surface area (Å²) in [6.07, 6.45) is 4.14. The van der Waals surface area contributed by atoms with Crippen LogP contribution in [-0.2, 0) is 4.79 Å². The number of aromatic nitrogens is 2. The van der Waals surface area contributed by atoms with E-state index >= 15 is 0 Å². The van der Waals surface area contributed by atoms with Gasteiger partial charge >= 0.3 is 0 Å². The maximum Gasteiger partial charge on any atom is 0.267 e. The zero-order chi connectivity index (χ0) is 26.3. The highest BCUT2D eigenvalue weighted by molar-refractivity contribution is 8.26. The van der Waals surface area contributed by atoms with Gasteiger partial charge in [-0.05, 0) is 62.2 Å². The van der Waals surface area contributed by atoms with Gasteiger partial charge in [-0.15, -0.1) is 0 Å². The molecule has 7 nitrogen and oxygen atoms in total. The maximum atomic E-state index is 13.7. The molecule has 192 valence electrons. The molecule has 0 N–H and O–H groups in total. The van der Waals surface area contributed by atoms with Crippen molar-refractivity contribution in [1.82, 2.24) is 14.3 Å². The summed E-state index contributed by atoms with van der Waals surface area (Å²) in [5, 5.41) is 0. The third kappa shape index (κ3) is 4.75. The number of carbonyl (C=O) groups excluding carboxylic acids is 1. The SMILES string of the molecule is CCC(C)N1C(=O)/C(=C/c2c(N3CCN(c4ccc(F)cc4)CC3)nc3c(C)cccn3c2=O)SC1=S. The molecule has 10 heteroatoms. The molecule has 0 spiro atoms. The number of aryl methyl sites for hydroxylation is 1. The molecule has 2 aliphatic heterocycles. The van der Waals surface area contributed by atoms with Crippen molar-refractivity contribution >= 4 is 57.4 Å². The van der Waals surface area contributed by atoms with Gasteiger partial charge in [0, 0.05) is 44.1 Å². The van der Waals surface area contributed by atoms with Crippen LogP contribution in [0.25, 0.3) is 11.7 Å². The normalized spacial score (nSPS) is 18.4. The number of carbonyl (C=O) groups is 1. The first-order valence-electron chi connectivity index (χ1n) is 12.3. The second kappa shape index (κ2) is 10.3. The van der Waals surface area contributed by atoms with Crippen LogP contribution < -0.4 is 15.4 Å². The number of hydrogen-bond acceptors (Lipinski definition) is 7. The molecule has 2 fully saturated rings. The predicted octanol–water partition coefficient (Wildman–Crippen LogP) is 4.47. The van der Waals surface area contributed by atoms with Gasteiger partial charge in [0.15, 0.2) is 0 Å². The largest absolute Gasteiger partial charge is 0.368 e. The summed E-state index contributed by atoms with van der Waals surface area (Å²) >= 11 is 6.72. The zero-order valence-electron chi connectivity index (χ0n) is 21.0. The van der Waals surface area contributed by atoms with E-state index in [0.29, 0.717) is 52.4 Å². The van der Waals surface area contributed by atoms with Crippen molar-refractivity contribution in [2.75, 3.05) is 36.0 Å². The van der Waals surface area contributed by atoms with Crippen molar-refractivity contribution in [3.63, 3.8) is 0 Å². The fourth-order valence-corrected chi connectivity index (χ4v) is 6.11. The molecule has 0 bridgehead atoms. The average Bonchev–Trinajstić information content (AvgIpc) is 3.18. The Labute approximate surface area is 224 Å². The number of rotatable bonds is 5. The lowest BCUT2D eigenvalue weighted by Crippen LogP contribution is -2.47. The van der Waals surface area contributed by atoms with Gasteiger partial charge in [-0.25, -0.2) is 9.37 Å². The highest BCUT2D eigenvalue weighted by Gasteiger charge is 2.35. The quantitative estimate of drug-likeness (QED) is 0.352. The lowest BCUT2D eigenvalue weighted by Gasteiger charge is -2.37. The number of hydrogen-bond donors (Lipinski definition) is 0. The first-order valence-corrected chi connectivity index (χ1v) is 13.6. The molecule has 2 aliphatic rings. The van der Waals surface area contributed by atoms with Crippen LogP contribution in [-0.4, -0.2) is 56.7 Å². The van der Waals surface area contributed by atoms with Gasteiger partial charge in [-0.3, -0.25) is 18.9 Å². The second-order valence-corrected chi connectivity index (χ2v) is 11.0. The average molecular weight is 538 g/mol. The standard InChI is InChI=1S/C27H28FN5O2S2/c1-4-18(3)33-26(35)22(37-27(33)36)16-21-24(29-23-17(2)6-5-11-32(23)25(21)34)31-14-12-30(13-15-31)20-9-7-19(28)8-10-20/h5-11,16,18H,4,12-15H2,1-3H3/b22-16-. The number of nitrogens with zero attached hydrogens (tertiary/aromatic N) is 5. The van der Waals surface area contributed by atoms with E-state index in [4.69, 9.17) is 17.2 Å². The van der Waals surface area contributed by atoms with Crippen molar-refractivity contribution in [2.45, 2.75) is 33.2 Å². The van der Waals surface area contributed by atoms with Gasteiger partial charge in [0.2, 0.25) is 0 Å². The molecule has 5 rings (SSSR count). The van der Waals surface area contributed by atoms with E-state index in [2.05, 4.69) is 9.80 Å². The van der Waals surface area contributed by atoms with Gasteiger partial charge in [0.1, 0.15) is 21.6 Å². The predicted molar refractivity (Wildman–Crippen MR) is 152 cm³/mol. The summed E-state index contributed by atoms with van der Waals surface area (Å²) < 4.78 is 15.4. The molecule has 1 aromatic carbocycles. The van der Waals surface area contributed by atoms with Crippen LogP contribution in [0.4, 0.5) is 15.9 Å². The van der Waals surface area contributed by atoms with E-state index in [1.165, 1.54) is 28.3 Å². The van der Waals surface area contributed by atoms with Crippen molar-refractivity contribution in [3.8, 4) is 0 Å². The summed E-state index contributed by atoms with van der Waals surface area (Å²) in [4.78, 5) is 38.3. The number of piperazine rings is 1. The van der Waals surface area contributed by atoms with Crippen molar-refractivity contribution < 1.29 is 9.18 Å². The molecular weight excluding hydrogens is 509 g/mol. The Hall–Kier alpha value is -3.24. The molecule has 1 amide bonds. The molecule has 1 atom stereocenters. The molecule has 37 heavy (non-hydrogen) atoms.